The van der Waals surface area contributed by atoms with E-state index in [2.05, 4.69) is 142 Å². The Labute approximate surface area is 614 Å². The van der Waals surface area contributed by atoms with Crippen LogP contribution in [0.3, 0.4) is 0 Å². The Hall–Kier alpha value is -4.05. The average molecular weight is 1460 g/mol. The van der Waals surface area contributed by atoms with Crippen molar-refractivity contribution >= 4 is 33.6 Å². The molecule has 0 aliphatic rings. The van der Waals surface area contributed by atoms with Crippen LogP contribution in [0.1, 0.15) is 329 Å². The number of aliphatic hydroxyl groups excluding tert-OH is 2. The fourth-order valence-electron chi connectivity index (χ4n) is 10.6. The monoisotopic (exact) mass is 1460 g/mol. The summed E-state index contributed by atoms with van der Waals surface area (Å²) >= 11 is 0. The fourth-order valence-corrected chi connectivity index (χ4v) is 12.2. The van der Waals surface area contributed by atoms with Crippen LogP contribution in [0.25, 0.3) is 0 Å². The molecule has 0 heterocycles. The summed E-state index contributed by atoms with van der Waals surface area (Å²) in [6.45, 7) is 2.41. The topological polar surface area (TPSA) is 231 Å². The second kappa shape index (κ2) is 75.6. The molecule has 0 fully saturated rings. The third kappa shape index (κ3) is 76.9. The molecule has 5 atom stereocenters. The van der Waals surface area contributed by atoms with E-state index < -0.39 is 91.5 Å². The van der Waals surface area contributed by atoms with Crippen LogP contribution in [-0.2, 0) is 55.8 Å². The number of unbranched alkanes of at least 4 members (excludes halogenated alkanes) is 32. The number of hydrogen-bond acceptors (Lipinski definition) is 14. The van der Waals surface area contributed by atoms with E-state index in [4.69, 9.17) is 32.3 Å². The summed E-state index contributed by atoms with van der Waals surface area (Å²) in [5.41, 5.74) is 0. The summed E-state index contributed by atoms with van der Waals surface area (Å²) in [6.07, 6.45) is 89.9. The summed E-state index contributed by atoms with van der Waals surface area (Å²) < 4.78 is 61.0. The van der Waals surface area contributed by atoms with Gasteiger partial charge in [-0.2, -0.15) is 0 Å². The Kier molecular flexibility index (Phi) is 72.6. The average Bonchev–Trinajstić information content (AvgIpc) is 0.940. The van der Waals surface area contributed by atoms with Crippen LogP contribution in [0.2, 0.25) is 0 Å². The molecule has 582 valence electrons. The molecule has 0 aromatic rings. The molecule has 0 saturated heterocycles. The quantitative estimate of drug-likeness (QED) is 0.0146. The zero-order valence-electron chi connectivity index (χ0n) is 63.5. The smallest absolute Gasteiger partial charge is 0.463 e. The Morgan fingerprint density at radius 3 is 0.842 bits per heavy atom. The SMILES string of the molecule is CC/C=C\C/C=C\C/C=C\C/C=C\C/C=C\CCCCCCCCCCCCCCCCCCCCCC(=O)OCC(O)COP(=O)(O)OCC(O)COP(=O)(O)OCC(COC(=O)CCCCCC/C=C\C/C=C\C/C=C\C/C=C\CC)OC(=O)CCCCCCC/C=C\CCCCCC. The number of ether oxygens (including phenoxy) is 3. The van der Waals surface area contributed by atoms with Crippen molar-refractivity contribution in [3.63, 3.8) is 0 Å². The van der Waals surface area contributed by atoms with Crippen molar-refractivity contribution in [3.05, 3.63) is 122 Å². The normalized spacial score (nSPS) is 14.6. The van der Waals surface area contributed by atoms with Crippen LogP contribution in [0, 0.1) is 0 Å². The van der Waals surface area contributed by atoms with Gasteiger partial charge < -0.3 is 34.2 Å². The van der Waals surface area contributed by atoms with Gasteiger partial charge in [0.25, 0.3) is 0 Å². The molecular weight excluding hydrogens is 1310 g/mol. The molecule has 4 N–H and O–H groups in total. The van der Waals surface area contributed by atoms with Crippen LogP contribution in [-0.4, -0.2) is 95.9 Å². The highest BCUT2D eigenvalue weighted by Crippen LogP contribution is 2.45. The van der Waals surface area contributed by atoms with E-state index in [1.54, 1.807) is 0 Å². The first-order valence-corrected chi connectivity index (χ1v) is 42.8. The minimum atomic E-state index is -4.93. The predicted octanol–water partition coefficient (Wildman–Crippen LogP) is 23.3. The van der Waals surface area contributed by atoms with E-state index in [1.165, 1.54) is 128 Å². The molecule has 0 aliphatic carbocycles. The van der Waals surface area contributed by atoms with Gasteiger partial charge in [-0.05, 0) is 128 Å². The largest absolute Gasteiger partial charge is 0.472 e. The van der Waals surface area contributed by atoms with Crippen molar-refractivity contribution in [1.29, 1.82) is 0 Å². The number of allylic oxidation sites excluding steroid dienone is 20. The van der Waals surface area contributed by atoms with Gasteiger partial charge in [0.15, 0.2) is 6.10 Å². The number of phosphoric ester groups is 2. The van der Waals surface area contributed by atoms with Gasteiger partial charge in [-0.15, -0.1) is 0 Å². The molecule has 0 saturated carbocycles. The molecule has 0 amide bonds. The van der Waals surface area contributed by atoms with Crippen molar-refractivity contribution in [1.82, 2.24) is 0 Å². The standard InChI is InChI=1S/C83H144O16P2/c1-4-7-10-13-16-19-22-25-27-29-30-31-32-33-34-35-36-37-38-39-40-41-42-43-44-45-46-48-50-52-54-57-60-63-66-69-81(86)93-72-78(84)73-95-100(89,90)96-74-79(85)75-97-101(91,92)98-77-80(99-83(88)71-68-65-62-59-56-51-24-21-18-15-12-9-6-3)76-94-82(87)70-67-64-61-58-55-53-49-47-28-26-23-20-17-14-11-8-5-2/h7-8,10-11,16-17,19-21,24-28,30-31,33-34,49,53,78-80,84-85H,4-6,9,12-15,18,22-23,29,32,35-48,50-52,54-77H2,1-3H3,(H,89,90)(H,91,92)/b10-7-,11-8-,19-16-,20-17-,24-21-,27-25-,28-26-,31-30-,34-33-,53-49-. The Morgan fingerprint density at radius 2 is 0.525 bits per heavy atom. The van der Waals surface area contributed by atoms with E-state index in [0.29, 0.717) is 19.3 Å². The maximum Gasteiger partial charge on any atom is 0.472 e. The molecule has 0 aromatic heterocycles. The van der Waals surface area contributed by atoms with Crippen molar-refractivity contribution in [2.75, 3.05) is 39.6 Å². The first-order valence-electron chi connectivity index (χ1n) is 39.8. The summed E-state index contributed by atoms with van der Waals surface area (Å²) in [5.74, 6) is -1.61. The van der Waals surface area contributed by atoms with E-state index in [-0.39, 0.29) is 19.3 Å². The molecular formula is C83H144O16P2. The van der Waals surface area contributed by atoms with Crippen molar-refractivity contribution in [2.24, 2.45) is 0 Å². The minimum Gasteiger partial charge on any atom is -0.463 e. The number of rotatable bonds is 75. The summed E-state index contributed by atoms with van der Waals surface area (Å²) in [4.78, 5) is 58.5. The van der Waals surface area contributed by atoms with Crippen LogP contribution in [0.4, 0.5) is 0 Å². The van der Waals surface area contributed by atoms with E-state index >= 15 is 0 Å². The summed E-state index contributed by atoms with van der Waals surface area (Å²) in [6, 6.07) is 0. The van der Waals surface area contributed by atoms with E-state index in [9.17, 15) is 43.5 Å². The second-order valence-corrected chi connectivity index (χ2v) is 29.4. The first-order chi connectivity index (χ1) is 49.2. The maximum atomic E-state index is 12.9. The Balaban J connectivity index is 4.35. The molecule has 5 unspecified atom stereocenters. The zero-order chi connectivity index (χ0) is 73.7. The lowest BCUT2D eigenvalue weighted by molar-refractivity contribution is -0.161. The zero-order valence-corrected chi connectivity index (χ0v) is 65.3. The maximum absolute atomic E-state index is 12.9. The molecule has 18 heteroatoms. The Morgan fingerprint density at radius 1 is 0.287 bits per heavy atom. The number of phosphoric acid groups is 2. The molecule has 101 heavy (non-hydrogen) atoms. The lowest BCUT2D eigenvalue weighted by atomic mass is 10.0. The minimum absolute atomic E-state index is 0.0882. The van der Waals surface area contributed by atoms with E-state index in [0.717, 1.165) is 141 Å². The first kappa shape index (κ1) is 97.0. The van der Waals surface area contributed by atoms with Gasteiger partial charge in [0, 0.05) is 19.3 Å². The Bertz CT molecular complexity index is 2320. The van der Waals surface area contributed by atoms with Crippen molar-refractivity contribution in [3.8, 4) is 0 Å². The van der Waals surface area contributed by atoms with Crippen LogP contribution < -0.4 is 0 Å². The number of esters is 3. The molecule has 0 rings (SSSR count). The van der Waals surface area contributed by atoms with Gasteiger partial charge in [-0.3, -0.25) is 32.5 Å². The van der Waals surface area contributed by atoms with Crippen LogP contribution in [0.5, 0.6) is 0 Å². The van der Waals surface area contributed by atoms with Crippen LogP contribution >= 0.6 is 15.6 Å². The van der Waals surface area contributed by atoms with Gasteiger partial charge in [-0.25, -0.2) is 9.13 Å². The van der Waals surface area contributed by atoms with Gasteiger partial charge in [0.2, 0.25) is 0 Å². The molecule has 0 bridgehead atoms. The predicted molar refractivity (Wildman–Crippen MR) is 417 cm³/mol. The number of carbonyl (C=O) groups excluding carboxylic acids is 3. The highest BCUT2D eigenvalue weighted by atomic mass is 31.2. The highest BCUT2D eigenvalue weighted by molar-refractivity contribution is 7.47. The lowest BCUT2D eigenvalue weighted by Gasteiger charge is -2.21. The highest BCUT2D eigenvalue weighted by Gasteiger charge is 2.29. The van der Waals surface area contributed by atoms with Crippen LogP contribution in [0.15, 0.2) is 122 Å². The number of aliphatic hydroxyl groups is 2. The summed E-state index contributed by atoms with van der Waals surface area (Å²) in [7, 11) is -9.79. The number of hydrogen-bond donors (Lipinski definition) is 4. The van der Waals surface area contributed by atoms with Crippen molar-refractivity contribution < 1.29 is 75.8 Å². The molecule has 0 aromatic carbocycles. The van der Waals surface area contributed by atoms with Gasteiger partial charge in [0.1, 0.15) is 25.4 Å². The third-order valence-corrected chi connectivity index (χ3v) is 18.6. The van der Waals surface area contributed by atoms with Gasteiger partial charge in [-0.1, -0.05) is 303 Å². The van der Waals surface area contributed by atoms with E-state index in [1.807, 2.05) is 0 Å². The molecule has 0 radical (unpaired) electrons. The van der Waals surface area contributed by atoms with Gasteiger partial charge >= 0.3 is 33.6 Å². The molecule has 16 nitrogen and oxygen atoms in total. The molecule has 0 aliphatic heterocycles. The fraction of sp³-hybridized carbons (Fsp3) is 0.723. The summed E-state index contributed by atoms with van der Waals surface area (Å²) in [5, 5.41) is 20.6. The number of carbonyl (C=O) groups is 3. The second-order valence-electron chi connectivity index (χ2n) is 26.5. The van der Waals surface area contributed by atoms with Crippen molar-refractivity contribution in [2.45, 2.75) is 347 Å². The lowest BCUT2D eigenvalue weighted by Crippen LogP contribution is -2.30. The third-order valence-electron chi connectivity index (χ3n) is 16.7. The molecule has 0 spiro atoms. The van der Waals surface area contributed by atoms with Gasteiger partial charge in [0.05, 0.1) is 26.4 Å².